The van der Waals surface area contributed by atoms with Crippen molar-refractivity contribution in [2.75, 3.05) is 18.8 Å². The molecule has 1 atom stereocenters. The molecule has 0 aliphatic carbocycles. The molecule has 3 nitrogen and oxygen atoms in total. The van der Waals surface area contributed by atoms with Crippen LogP contribution in [0, 0.1) is 0 Å². The average Bonchev–Trinajstić information content (AvgIpc) is 2.34. The molecule has 1 heterocycles. The summed E-state index contributed by atoms with van der Waals surface area (Å²) in [5.41, 5.74) is 2.19. The van der Waals surface area contributed by atoms with E-state index in [1.165, 1.54) is 5.56 Å². The number of benzene rings is 1. The van der Waals surface area contributed by atoms with Gasteiger partial charge in [-0.3, -0.25) is 9.11 Å². The predicted molar refractivity (Wildman–Crippen MR) is 74.7 cm³/mol. The van der Waals surface area contributed by atoms with Crippen LogP contribution in [0.4, 0.5) is 0 Å². The number of hydrogen-bond donors (Lipinski definition) is 1. The first kappa shape index (κ1) is 13.7. The van der Waals surface area contributed by atoms with Crippen LogP contribution in [-0.2, 0) is 24.0 Å². The van der Waals surface area contributed by atoms with Crippen molar-refractivity contribution in [1.82, 2.24) is 4.90 Å². The van der Waals surface area contributed by atoms with E-state index < -0.39 is 10.8 Å². The van der Waals surface area contributed by atoms with Crippen molar-refractivity contribution < 1.29 is 9.32 Å². The number of nitrogens with zero attached hydrogens (tertiary/aromatic N) is 1. The van der Waals surface area contributed by atoms with Crippen LogP contribution < -0.4 is 0 Å². The summed E-state index contributed by atoms with van der Waals surface area (Å²) < 4.78 is 11.7. The van der Waals surface area contributed by atoms with E-state index in [4.69, 9.17) is 5.11 Å². The van der Waals surface area contributed by atoms with Crippen LogP contribution in [0.1, 0.15) is 25.0 Å². The third-order valence-corrected chi connectivity index (χ3v) is 5.34. The number of hydrogen-bond acceptors (Lipinski definition) is 3. The van der Waals surface area contributed by atoms with Gasteiger partial charge in [-0.1, -0.05) is 24.3 Å². The molecule has 100 valence electrons. The highest BCUT2D eigenvalue weighted by atomic mass is 32.2. The summed E-state index contributed by atoms with van der Waals surface area (Å²) in [6, 6.07) is 8.04. The van der Waals surface area contributed by atoms with Crippen LogP contribution in [0.25, 0.3) is 0 Å². The second-order valence-electron chi connectivity index (χ2n) is 5.49. The Morgan fingerprint density at radius 1 is 1.28 bits per heavy atom. The Bertz CT molecular complexity index is 428. The Hall–Kier alpha value is -0.710. The first-order chi connectivity index (χ1) is 8.51. The van der Waals surface area contributed by atoms with Crippen LogP contribution in [0.5, 0.6) is 0 Å². The van der Waals surface area contributed by atoms with Crippen molar-refractivity contribution in [2.45, 2.75) is 31.7 Å². The van der Waals surface area contributed by atoms with Crippen molar-refractivity contribution in [1.29, 1.82) is 0 Å². The minimum absolute atomic E-state index is 0.0933. The highest BCUT2D eigenvalue weighted by molar-refractivity contribution is 7.86. The van der Waals surface area contributed by atoms with Crippen molar-refractivity contribution in [3.05, 3.63) is 35.4 Å². The monoisotopic (exact) mass is 267 g/mol. The van der Waals surface area contributed by atoms with Gasteiger partial charge in [0.1, 0.15) is 0 Å². The van der Waals surface area contributed by atoms with E-state index in [2.05, 4.69) is 30.9 Å². The molecule has 0 radical (unpaired) electrons. The molecule has 1 aromatic carbocycles. The maximum atomic E-state index is 11.9. The standard InChI is InChI=1S/C14H21NO2S/c1-14(2)11-15(7-8-18(14)17)9-12-3-5-13(10-16)6-4-12/h3-6,16H,7-11H2,1-2H3. The second kappa shape index (κ2) is 5.51. The van der Waals surface area contributed by atoms with E-state index in [0.29, 0.717) is 0 Å². The van der Waals surface area contributed by atoms with Gasteiger partial charge in [0.15, 0.2) is 0 Å². The quantitative estimate of drug-likeness (QED) is 0.903. The van der Waals surface area contributed by atoms with Gasteiger partial charge in [-0.15, -0.1) is 0 Å². The summed E-state index contributed by atoms with van der Waals surface area (Å²) >= 11 is 0. The molecule has 1 aromatic rings. The third-order valence-electron chi connectivity index (χ3n) is 3.43. The van der Waals surface area contributed by atoms with E-state index in [-0.39, 0.29) is 11.4 Å². The Morgan fingerprint density at radius 2 is 1.89 bits per heavy atom. The van der Waals surface area contributed by atoms with Gasteiger partial charge in [0, 0.05) is 36.2 Å². The lowest BCUT2D eigenvalue weighted by atomic mass is 10.1. The minimum Gasteiger partial charge on any atom is -0.392 e. The molecule has 1 aliphatic rings. The average molecular weight is 267 g/mol. The summed E-state index contributed by atoms with van der Waals surface area (Å²) in [6.45, 7) is 6.91. The maximum absolute atomic E-state index is 11.9. The molecular formula is C14H21NO2S. The Balaban J connectivity index is 1.99. The predicted octanol–water partition coefficient (Wildman–Crippen LogP) is 1.52. The highest BCUT2D eigenvalue weighted by Crippen LogP contribution is 2.21. The zero-order valence-corrected chi connectivity index (χ0v) is 11.9. The van der Waals surface area contributed by atoms with Gasteiger partial charge in [0.05, 0.1) is 11.4 Å². The van der Waals surface area contributed by atoms with Crippen LogP contribution in [0.15, 0.2) is 24.3 Å². The molecule has 0 saturated carbocycles. The SMILES string of the molecule is CC1(C)CN(Cc2ccc(CO)cc2)CCS1=O. The molecular weight excluding hydrogens is 246 g/mol. The van der Waals surface area contributed by atoms with Crippen LogP contribution in [-0.4, -0.2) is 37.8 Å². The van der Waals surface area contributed by atoms with Crippen LogP contribution >= 0.6 is 0 Å². The molecule has 1 aliphatic heterocycles. The summed E-state index contributed by atoms with van der Waals surface area (Å²) in [4.78, 5) is 2.36. The Labute approximate surface area is 111 Å². The minimum atomic E-state index is -0.709. The lowest BCUT2D eigenvalue weighted by Gasteiger charge is -2.37. The van der Waals surface area contributed by atoms with Gasteiger partial charge in [0.25, 0.3) is 0 Å². The van der Waals surface area contributed by atoms with Gasteiger partial charge in [-0.25, -0.2) is 0 Å². The molecule has 4 heteroatoms. The Morgan fingerprint density at radius 3 is 2.44 bits per heavy atom. The Kier molecular flexibility index (Phi) is 4.20. The van der Waals surface area contributed by atoms with E-state index in [1.807, 2.05) is 12.1 Å². The van der Waals surface area contributed by atoms with Crippen molar-refractivity contribution in [3.63, 3.8) is 0 Å². The molecule has 0 aromatic heterocycles. The molecule has 1 saturated heterocycles. The molecule has 1 fully saturated rings. The fourth-order valence-electron chi connectivity index (χ4n) is 2.32. The van der Waals surface area contributed by atoms with E-state index >= 15 is 0 Å². The summed E-state index contributed by atoms with van der Waals surface area (Å²) in [7, 11) is -0.709. The van der Waals surface area contributed by atoms with Crippen molar-refractivity contribution >= 4 is 10.8 Å². The van der Waals surface area contributed by atoms with Crippen LogP contribution in [0.3, 0.4) is 0 Å². The molecule has 0 bridgehead atoms. The van der Waals surface area contributed by atoms with E-state index in [0.717, 1.165) is 31.0 Å². The molecule has 2 rings (SSSR count). The van der Waals surface area contributed by atoms with Gasteiger partial charge in [-0.2, -0.15) is 0 Å². The second-order valence-corrected chi connectivity index (χ2v) is 7.70. The molecule has 1 unspecified atom stereocenters. The molecule has 0 amide bonds. The lowest BCUT2D eigenvalue weighted by molar-refractivity contribution is 0.247. The molecule has 18 heavy (non-hydrogen) atoms. The fourth-order valence-corrected chi connectivity index (χ4v) is 3.62. The van der Waals surface area contributed by atoms with Crippen molar-refractivity contribution in [2.24, 2.45) is 0 Å². The van der Waals surface area contributed by atoms with E-state index in [9.17, 15) is 4.21 Å². The molecule has 0 spiro atoms. The summed E-state index contributed by atoms with van der Waals surface area (Å²) in [6.07, 6.45) is 0. The lowest BCUT2D eigenvalue weighted by Crippen LogP contribution is -2.49. The zero-order chi connectivity index (χ0) is 13.2. The summed E-state index contributed by atoms with van der Waals surface area (Å²) in [5, 5.41) is 9.00. The largest absolute Gasteiger partial charge is 0.392 e. The molecule has 1 N–H and O–H groups in total. The van der Waals surface area contributed by atoms with E-state index in [1.54, 1.807) is 0 Å². The number of aliphatic hydroxyl groups is 1. The van der Waals surface area contributed by atoms with Gasteiger partial charge >= 0.3 is 0 Å². The van der Waals surface area contributed by atoms with Gasteiger partial charge < -0.3 is 5.11 Å². The smallest absolute Gasteiger partial charge is 0.0681 e. The third kappa shape index (κ3) is 3.19. The fraction of sp³-hybridized carbons (Fsp3) is 0.571. The maximum Gasteiger partial charge on any atom is 0.0681 e. The highest BCUT2D eigenvalue weighted by Gasteiger charge is 2.32. The normalized spacial score (nSPS) is 24.1. The van der Waals surface area contributed by atoms with Crippen LogP contribution in [0.2, 0.25) is 0 Å². The summed E-state index contributed by atoms with van der Waals surface area (Å²) in [5.74, 6) is 0.766. The first-order valence-corrected chi connectivity index (χ1v) is 7.63. The zero-order valence-electron chi connectivity index (χ0n) is 11.1. The number of aliphatic hydroxyl groups excluding tert-OH is 1. The van der Waals surface area contributed by atoms with Crippen molar-refractivity contribution in [3.8, 4) is 0 Å². The topological polar surface area (TPSA) is 40.5 Å². The number of rotatable bonds is 3. The first-order valence-electron chi connectivity index (χ1n) is 6.31. The van der Waals surface area contributed by atoms with Gasteiger partial charge in [0.2, 0.25) is 0 Å². The van der Waals surface area contributed by atoms with Gasteiger partial charge in [-0.05, 0) is 25.0 Å².